The highest BCUT2D eigenvalue weighted by molar-refractivity contribution is 5.04. The number of hydrogen-bond acceptors (Lipinski definition) is 3. The summed E-state index contributed by atoms with van der Waals surface area (Å²) in [5.41, 5.74) is 0.337. The second-order valence-corrected chi connectivity index (χ2v) is 7.27. The fourth-order valence-electron chi connectivity index (χ4n) is 3.36. The van der Waals surface area contributed by atoms with Gasteiger partial charge in [-0.3, -0.25) is 4.90 Å². The number of rotatable bonds is 6. The molecule has 1 aliphatic carbocycles. The summed E-state index contributed by atoms with van der Waals surface area (Å²) in [6.07, 6.45) is 3.16. The van der Waals surface area contributed by atoms with Gasteiger partial charge in [0.2, 0.25) is 0 Å². The van der Waals surface area contributed by atoms with Crippen LogP contribution in [0.15, 0.2) is 0 Å². The molecule has 2 rings (SSSR count). The molecular weight excluding hydrogens is 236 g/mol. The molecule has 112 valence electrons. The van der Waals surface area contributed by atoms with Crippen LogP contribution in [-0.4, -0.2) is 48.8 Å². The average Bonchev–Trinajstić information content (AvgIpc) is 3.12. The molecular formula is C16H32N2O. The first-order valence-electron chi connectivity index (χ1n) is 8.03. The maximum atomic E-state index is 5.75. The fraction of sp³-hybridized carbons (Fsp3) is 1.00. The first-order valence-corrected chi connectivity index (χ1v) is 8.03. The van der Waals surface area contributed by atoms with Gasteiger partial charge in [0.05, 0.1) is 12.7 Å². The monoisotopic (exact) mass is 268 g/mol. The van der Waals surface area contributed by atoms with Gasteiger partial charge >= 0.3 is 0 Å². The smallest absolute Gasteiger partial charge is 0.0597 e. The maximum absolute atomic E-state index is 5.75. The third-order valence-corrected chi connectivity index (χ3v) is 4.79. The third-order valence-electron chi connectivity index (χ3n) is 4.79. The third kappa shape index (κ3) is 3.93. The SMILES string of the molecule is CC(C)OCCN1CC(C)(C2CC2)NCC1C(C)C. The van der Waals surface area contributed by atoms with E-state index in [1.807, 2.05) is 0 Å². The molecule has 2 fully saturated rings. The van der Waals surface area contributed by atoms with Crippen LogP contribution in [0.3, 0.4) is 0 Å². The Kier molecular flexibility index (Phi) is 4.91. The highest BCUT2D eigenvalue weighted by Crippen LogP contribution is 2.41. The Bertz CT molecular complexity index is 288. The van der Waals surface area contributed by atoms with Crippen molar-refractivity contribution in [3.05, 3.63) is 0 Å². The number of ether oxygens (including phenoxy) is 1. The summed E-state index contributed by atoms with van der Waals surface area (Å²) in [5, 5.41) is 3.84. The molecule has 0 aromatic carbocycles. The van der Waals surface area contributed by atoms with Crippen LogP contribution < -0.4 is 5.32 Å². The summed E-state index contributed by atoms with van der Waals surface area (Å²) in [5.74, 6) is 1.60. The number of piperazine rings is 1. The van der Waals surface area contributed by atoms with Crippen LogP contribution in [0.5, 0.6) is 0 Å². The van der Waals surface area contributed by atoms with Crippen molar-refractivity contribution in [2.75, 3.05) is 26.2 Å². The summed E-state index contributed by atoms with van der Waals surface area (Å²) in [6.45, 7) is 15.6. The zero-order valence-corrected chi connectivity index (χ0v) is 13.4. The van der Waals surface area contributed by atoms with E-state index in [0.717, 1.165) is 25.6 Å². The molecule has 0 aromatic rings. The van der Waals surface area contributed by atoms with E-state index in [0.29, 0.717) is 23.6 Å². The molecule has 0 amide bonds. The quantitative estimate of drug-likeness (QED) is 0.801. The molecule has 2 aliphatic rings. The summed E-state index contributed by atoms with van der Waals surface area (Å²) in [7, 11) is 0. The van der Waals surface area contributed by atoms with E-state index >= 15 is 0 Å². The lowest BCUT2D eigenvalue weighted by Gasteiger charge is -2.48. The van der Waals surface area contributed by atoms with Crippen molar-refractivity contribution in [3.8, 4) is 0 Å². The lowest BCUT2D eigenvalue weighted by atomic mass is 9.88. The highest BCUT2D eigenvalue weighted by atomic mass is 16.5. The lowest BCUT2D eigenvalue weighted by Crippen LogP contribution is -2.65. The van der Waals surface area contributed by atoms with Gasteiger partial charge in [-0.05, 0) is 45.4 Å². The summed E-state index contributed by atoms with van der Waals surface area (Å²) < 4.78 is 5.75. The van der Waals surface area contributed by atoms with Gasteiger partial charge in [-0.2, -0.15) is 0 Å². The normalized spacial score (nSPS) is 33.3. The lowest BCUT2D eigenvalue weighted by molar-refractivity contribution is 0.00831. The van der Waals surface area contributed by atoms with E-state index < -0.39 is 0 Å². The van der Waals surface area contributed by atoms with Gasteiger partial charge in [-0.1, -0.05) is 13.8 Å². The summed E-state index contributed by atoms with van der Waals surface area (Å²) in [6, 6.07) is 0.655. The second kappa shape index (κ2) is 6.11. The molecule has 3 heteroatoms. The predicted molar refractivity (Wildman–Crippen MR) is 80.4 cm³/mol. The molecule has 0 spiro atoms. The van der Waals surface area contributed by atoms with E-state index in [-0.39, 0.29) is 0 Å². The van der Waals surface area contributed by atoms with E-state index in [2.05, 4.69) is 44.8 Å². The van der Waals surface area contributed by atoms with Gasteiger partial charge in [-0.15, -0.1) is 0 Å². The number of hydrogen-bond donors (Lipinski definition) is 1. The molecule has 1 heterocycles. The van der Waals surface area contributed by atoms with Gasteiger partial charge in [0.1, 0.15) is 0 Å². The molecule has 1 N–H and O–H groups in total. The zero-order chi connectivity index (χ0) is 14.0. The van der Waals surface area contributed by atoms with Crippen molar-refractivity contribution < 1.29 is 4.74 Å². The van der Waals surface area contributed by atoms with Crippen molar-refractivity contribution in [2.24, 2.45) is 11.8 Å². The molecule has 0 aromatic heterocycles. The van der Waals surface area contributed by atoms with E-state index in [1.54, 1.807) is 0 Å². The van der Waals surface area contributed by atoms with Gasteiger partial charge in [0.25, 0.3) is 0 Å². The minimum Gasteiger partial charge on any atom is -0.377 e. The predicted octanol–water partition coefficient (Wildman–Crippen LogP) is 2.51. The number of nitrogens with zero attached hydrogens (tertiary/aromatic N) is 1. The van der Waals surface area contributed by atoms with Gasteiger partial charge in [0.15, 0.2) is 0 Å². The van der Waals surface area contributed by atoms with Crippen LogP contribution in [0.2, 0.25) is 0 Å². The van der Waals surface area contributed by atoms with Crippen LogP contribution in [0.1, 0.15) is 47.5 Å². The first-order chi connectivity index (χ1) is 8.92. The minimum absolute atomic E-state index is 0.337. The van der Waals surface area contributed by atoms with Gasteiger partial charge in [-0.25, -0.2) is 0 Å². The maximum Gasteiger partial charge on any atom is 0.0597 e. The fourth-order valence-corrected chi connectivity index (χ4v) is 3.36. The van der Waals surface area contributed by atoms with E-state index in [1.165, 1.54) is 19.4 Å². The number of nitrogens with one attached hydrogen (secondary N) is 1. The molecule has 3 nitrogen and oxygen atoms in total. The van der Waals surface area contributed by atoms with E-state index in [4.69, 9.17) is 4.74 Å². The van der Waals surface area contributed by atoms with Crippen molar-refractivity contribution in [2.45, 2.75) is 65.1 Å². The van der Waals surface area contributed by atoms with Crippen LogP contribution in [0.4, 0.5) is 0 Å². The van der Waals surface area contributed by atoms with Crippen LogP contribution in [0, 0.1) is 11.8 Å². The zero-order valence-electron chi connectivity index (χ0n) is 13.4. The van der Waals surface area contributed by atoms with Crippen LogP contribution in [0.25, 0.3) is 0 Å². The average molecular weight is 268 g/mol. The second-order valence-electron chi connectivity index (χ2n) is 7.27. The standard InChI is InChI=1S/C16H32N2O/c1-12(2)15-10-17-16(5,14-6-7-14)11-18(15)8-9-19-13(3)4/h12-15,17H,6-11H2,1-5H3. The van der Waals surface area contributed by atoms with Crippen molar-refractivity contribution in [1.82, 2.24) is 10.2 Å². The Morgan fingerprint density at radius 1 is 1.26 bits per heavy atom. The van der Waals surface area contributed by atoms with Crippen LogP contribution >= 0.6 is 0 Å². The molecule has 0 bridgehead atoms. The molecule has 1 saturated carbocycles. The largest absolute Gasteiger partial charge is 0.377 e. The van der Waals surface area contributed by atoms with Gasteiger partial charge in [0, 0.05) is 31.2 Å². The van der Waals surface area contributed by atoms with Crippen LogP contribution in [-0.2, 0) is 4.74 Å². The van der Waals surface area contributed by atoms with E-state index in [9.17, 15) is 0 Å². The Morgan fingerprint density at radius 3 is 2.47 bits per heavy atom. The van der Waals surface area contributed by atoms with Crippen molar-refractivity contribution in [1.29, 1.82) is 0 Å². The molecule has 0 radical (unpaired) electrons. The molecule has 1 saturated heterocycles. The molecule has 2 atom stereocenters. The highest BCUT2D eigenvalue weighted by Gasteiger charge is 2.46. The Morgan fingerprint density at radius 2 is 1.95 bits per heavy atom. The molecule has 19 heavy (non-hydrogen) atoms. The van der Waals surface area contributed by atoms with Crippen molar-refractivity contribution in [3.63, 3.8) is 0 Å². The molecule has 1 aliphatic heterocycles. The summed E-state index contributed by atoms with van der Waals surface area (Å²) >= 11 is 0. The molecule has 2 unspecified atom stereocenters. The van der Waals surface area contributed by atoms with Gasteiger partial charge < -0.3 is 10.1 Å². The summed E-state index contributed by atoms with van der Waals surface area (Å²) in [4.78, 5) is 2.67. The Hall–Kier alpha value is -0.120. The topological polar surface area (TPSA) is 24.5 Å². The Labute approximate surface area is 119 Å². The Balaban J connectivity index is 1.92. The first kappa shape index (κ1) is 15.3. The van der Waals surface area contributed by atoms with Crippen molar-refractivity contribution >= 4 is 0 Å². The minimum atomic E-state index is 0.337.